The summed E-state index contributed by atoms with van der Waals surface area (Å²) in [4.78, 5) is 17.0. The number of fused-ring (bicyclic) bond motifs is 1. The highest BCUT2D eigenvalue weighted by atomic mass is 16.5. The summed E-state index contributed by atoms with van der Waals surface area (Å²) in [5, 5.41) is 10.1. The fourth-order valence-corrected chi connectivity index (χ4v) is 3.37. The molecule has 1 aromatic carbocycles. The summed E-state index contributed by atoms with van der Waals surface area (Å²) in [6.45, 7) is 3.57. The van der Waals surface area contributed by atoms with Crippen LogP contribution >= 0.6 is 0 Å². The monoisotopic (exact) mass is 290 g/mol. The van der Waals surface area contributed by atoms with Gasteiger partial charge in [0.05, 0.1) is 12.7 Å². The second-order valence-corrected chi connectivity index (χ2v) is 5.79. The molecule has 0 spiro atoms. The van der Waals surface area contributed by atoms with Crippen LogP contribution < -0.4 is 4.74 Å². The van der Waals surface area contributed by atoms with Crippen LogP contribution in [0.5, 0.6) is 11.5 Å². The lowest BCUT2D eigenvalue weighted by atomic mass is 9.99. The number of benzene rings is 1. The van der Waals surface area contributed by atoms with Gasteiger partial charge in [0.25, 0.3) is 5.91 Å². The predicted octanol–water partition coefficient (Wildman–Crippen LogP) is 1.71. The van der Waals surface area contributed by atoms with E-state index in [1.165, 1.54) is 20.0 Å². The second-order valence-electron chi connectivity index (χ2n) is 5.79. The van der Waals surface area contributed by atoms with Crippen molar-refractivity contribution in [1.29, 1.82) is 0 Å². The Morgan fingerprint density at radius 2 is 2.14 bits per heavy atom. The van der Waals surface area contributed by atoms with Crippen LogP contribution in [0.3, 0.4) is 0 Å². The number of piperazine rings is 1. The normalized spacial score (nSPS) is 22.7. The van der Waals surface area contributed by atoms with Gasteiger partial charge in [0.15, 0.2) is 11.5 Å². The first kappa shape index (κ1) is 14.2. The van der Waals surface area contributed by atoms with E-state index < -0.39 is 0 Å². The van der Waals surface area contributed by atoms with Crippen LogP contribution in [-0.4, -0.2) is 60.1 Å². The summed E-state index contributed by atoms with van der Waals surface area (Å²) in [7, 11) is 1.49. The van der Waals surface area contributed by atoms with E-state index in [0.717, 1.165) is 32.6 Å². The van der Waals surface area contributed by atoms with E-state index in [9.17, 15) is 9.90 Å². The van der Waals surface area contributed by atoms with Gasteiger partial charge in [-0.1, -0.05) is 12.5 Å². The van der Waals surface area contributed by atoms with Gasteiger partial charge in [0.1, 0.15) is 0 Å². The molecule has 3 rings (SSSR count). The van der Waals surface area contributed by atoms with E-state index in [2.05, 4.69) is 4.90 Å². The van der Waals surface area contributed by atoms with Crippen LogP contribution in [0.15, 0.2) is 18.2 Å². The lowest BCUT2D eigenvalue weighted by molar-refractivity contribution is 0.0370. The molecule has 0 radical (unpaired) electrons. The number of ether oxygens (including phenoxy) is 1. The van der Waals surface area contributed by atoms with Crippen LogP contribution in [-0.2, 0) is 0 Å². The molecule has 2 fully saturated rings. The molecule has 114 valence electrons. The van der Waals surface area contributed by atoms with Crippen molar-refractivity contribution in [3.05, 3.63) is 23.8 Å². The fraction of sp³-hybridized carbons (Fsp3) is 0.562. The Morgan fingerprint density at radius 1 is 1.29 bits per heavy atom. The first-order chi connectivity index (χ1) is 10.2. The summed E-state index contributed by atoms with van der Waals surface area (Å²) in [6.07, 6.45) is 3.67. The number of aromatic hydroxyl groups is 1. The van der Waals surface area contributed by atoms with Crippen molar-refractivity contribution < 1.29 is 14.6 Å². The Balaban J connectivity index is 1.76. The van der Waals surface area contributed by atoms with Crippen molar-refractivity contribution in [2.75, 3.05) is 33.3 Å². The zero-order chi connectivity index (χ0) is 14.8. The topological polar surface area (TPSA) is 53.0 Å². The summed E-state index contributed by atoms with van der Waals surface area (Å²) in [5.74, 6) is 0.185. The van der Waals surface area contributed by atoms with Gasteiger partial charge in [0, 0.05) is 25.7 Å². The number of hydrogen-bond donors (Lipinski definition) is 1. The molecule has 0 aromatic heterocycles. The summed E-state index contributed by atoms with van der Waals surface area (Å²) in [5.41, 5.74) is 0.332. The van der Waals surface area contributed by atoms with Crippen molar-refractivity contribution in [3.8, 4) is 11.5 Å². The van der Waals surface area contributed by atoms with Gasteiger partial charge >= 0.3 is 0 Å². The van der Waals surface area contributed by atoms with Crippen molar-refractivity contribution >= 4 is 5.91 Å². The van der Waals surface area contributed by atoms with Crippen LogP contribution in [0.25, 0.3) is 0 Å². The molecule has 1 amide bonds. The maximum atomic E-state index is 12.7. The Hall–Kier alpha value is -1.75. The molecule has 2 aliphatic rings. The van der Waals surface area contributed by atoms with Gasteiger partial charge in [-0.05, 0) is 31.5 Å². The minimum absolute atomic E-state index is 0.0592. The third-order valence-electron chi connectivity index (χ3n) is 4.57. The van der Waals surface area contributed by atoms with Crippen molar-refractivity contribution in [1.82, 2.24) is 9.80 Å². The summed E-state index contributed by atoms with van der Waals surface area (Å²) < 4.78 is 5.08. The zero-order valence-electron chi connectivity index (χ0n) is 12.4. The smallest absolute Gasteiger partial charge is 0.257 e. The van der Waals surface area contributed by atoms with Crippen molar-refractivity contribution in [3.63, 3.8) is 0 Å². The third-order valence-corrected chi connectivity index (χ3v) is 4.57. The third kappa shape index (κ3) is 2.70. The molecule has 2 saturated heterocycles. The van der Waals surface area contributed by atoms with Gasteiger partial charge < -0.3 is 14.7 Å². The number of piperidine rings is 1. The number of amides is 1. The molecule has 0 saturated carbocycles. The largest absolute Gasteiger partial charge is 0.504 e. The summed E-state index contributed by atoms with van der Waals surface area (Å²) >= 11 is 0. The molecular formula is C16H22N2O3. The Bertz CT molecular complexity index is 532. The maximum absolute atomic E-state index is 12.7. The quantitative estimate of drug-likeness (QED) is 0.901. The minimum atomic E-state index is -0.100. The van der Waals surface area contributed by atoms with Crippen LogP contribution in [0.2, 0.25) is 0 Å². The molecule has 1 unspecified atom stereocenters. The Labute approximate surface area is 125 Å². The van der Waals surface area contributed by atoms with Gasteiger partial charge in [0.2, 0.25) is 0 Å². The highest BCUT2D eigenvalue weighted by Crippen LogP contribution is 2.31. The standard InChI is InChI=1S/C16H22N2O3/c1-21-14-7-4-6-13(15(14)19)16(20)18-10-9-17-8-3-2-5-12(17)11-18/h4,6-7,12,19H,2-3,5,8-11H2,1H3. The molecule has 5 heteroatoms. The number of carbonyl (C=O) groups excluding carboxylic acids is 1. The van der Waals surface area contributed by atoms with E-state index in [4.69, 9.17) is 4.74 Å². The predicted molar refractivity (Wildman–Crippen MR) is 79.8 cm³/mol. The molecule has 0 bridgehead atoms. The van der Waals surface area contributed by atoms with Gasteiger partial charge in [-0.3, -0.25) is 9.69 Å². The molecule has 21 heavy (non-hydrogen) atoms. The second kappa shape index (κ2) is 5.93. The fourth-order valence-electron chi connectivity index (χ4n) is 3.37. The molecule has 0 aliphatic carbocycles. The lowest BCUT2D eigenvalue weighted by Crippen LogP contribution is -2.56. The Kier molecular flexibility index (Phi) is 4.01. The average Bonchev–Trinajstić information content (AvgIpc) is 2.54. The van der Waals surface area contributed by atoms with E-state index in [-0.39, 0.29) is 11.7 Å². The van der Waals surface area contributed by atoms with Crippen LogP contribution in [0.1, 0.15) is 29.6 Å². The number of para-hydroxylation sites is 1. The average molecular weight is 290 g/mol. The van der Waals surface area contributed by atoms with Crippen molar-refractivity contribution in [2.45, 2.75) is 25.3 Å². The van der Waals surface area contributed by atoms with Crippen molar-refractivity contribution in [2.24, 2.45) is 0 Å². The first-order valence-corrected chi connectivity index (χ1v) is 7.60. The SMILES string of the molecule is COc1cccc(C(=O)N2CCN3CCCCC3C2)c1O. The number of nitrogens with zero attached hydrogens (tertiary/aromatic N) is 2. The summed E-state index contributed by atoms with van der Waals surface area (Å²) in [6, 6.07) is 5.53. The maximum Gasteiger partial charge on any atom is 0.257 e. The van der Waals surface area contributed by atoms with Gasteiger partial charge in [-0.25, -0.2) is 0 Å². The Morgan fingerprint density at radius 3 is 2.95 bits per heavy atom. The highest BCUT2D eigenvalue weighted by Gasteiger charge is 2.32. The number of phenolic OH excluding ortho intramolecular Hbond substituents is 1. The van der Waals surface area contributed by atoms with Gasteiger partial charge in [-0.2, -0.15) is 0 Å². The van der Waals surface area contributed by atoms with Crippen LogP contribution in [0.4, 0.5) is 0 Å². The van der Waals surface area contributed by atoms with E-state index >= 15 is 0 Å². The van der Waals surface area contributed by atoms with E-state index in [0.29, 0.717) is 17.4 Å². The van der Waals surface area contributed by atoms with E-state index in [1.807, 2.05) is 4.90 Å². The number of rotatable bonds is 2. The molecule has 1 atom stereocenters. The number of hydrogen-bond acceptors (Lipinski definition) is 4. The number of carbonyl (C=O) groups is 1. The first-order valence-electron chi connectivity index (χ1n) is 7.60. The molecule has 2 heterocycles. The highest BCUT2D eigenvalue weighted by molar-refractivity contribution is 5.97. The zero-order valence-corrected chi connectivity index (χ0v) is 12.4. The van der Waals surface area contributed by atoms with Gasteiger partial charge in [-0.15, -0.1) is 0 Å². The molecule has 2 aliphatic heterocycles. The lowest BCUT2D eigenvalue weighted by Gasteiger charge is -2.44. The van der Waals surface area contributed by atoms with E-state index in [1.54, 1.807) is 18.2 Å². The number of phenols is 1. The minimum Gasteiger partial charge on any atom is -0.504 e. The molecule has 1 N–H and O–H groups in total. The molecular weight excluding hydrogens is 268 g/mol. The van der Waals surface area contributed by atoms with Crippen LogP contribution in [0, 0.1) is 0 Å². The molecule has 5 nitrogen and oxygen atoms in total. The molecule has 1 aromatic rings. The number of methoxy groups -OCH3 is 1.